The van der Waals surface area contributed by atoms with Crippen LogP contribution in [0, 0.1) is 0 Å². The number of carbonyl (C=O) groups is 3. The molecule has 0 saturated carbocycles. The van der Waals surface area contributed by atoms with Gasteiger partial charge in [0.1, 0.15) is 24.9 Å². The van der Waals surface area contributed by atoms with Crippen LogP contribution in [0.25, 0.3) is 0 Å². The summed E-state index contributed by atoms with van der Waals surface area (Å²) in [6.07, 6.45) is 0.201. The number of carbonyl (C=O) groups excluding carboxylic acids is 3. The van der Waals surface area contributed by atoms with Crippen molar-refractivity contribution >= 4 is 18.0 Å². The van der Waals surface area contributed by atoms with Gasteiger partial charge in [-0.25, -0.2) is 9.59 Å². The van der Waals surface area contributed by atoms with Gasteiger partial charge in [-0.1, -0.05) is 43.0 Å². The molecule has 7 heteroatoms. The Bertz CT molecular complexity index is 621. The van der Waals surface area contributed by atoms with E-state index in [1.165, 1.54) is 6.08 Å². The molecule has 0 aromatic heterocycles. The number of alkyl carbamates (subject to hydrolysis) is 1. The molecule has 1 amide bonds. The highest BCUT2D eigenvalue weighted by Crippen LogP contribution is 2.11. The van der Waals surface area contributed by atoms with Gasteiger partial charge in [0.25, 0.3) is 0 Å². The predicted octanol–water partition coefficient (Wildman–Crippen LogP) is 2.74. The summed E-state index contributed by atoms with van der Waals surface area (Å²) in [5.41, 5.74) is 0.0255. The first-order valence-electron chi connectivity index (χ1n) is 8.18. The summed E-state index contributed by atoms with van der Waals surface area (Å²) >= 11 is 0. The molecule has 0 radical (unpaired) electrons. The van der Waals surface area contributed by atoms with Crippen molar-refractivity contribution < 1.29 is 28.6 Å². The predicted molar refractivity (Wildman–Crippen MR) is 95.2 cm³/mol. The average Bonchev–Trinajstić information content (AvgIpc) is 2.57. The first-order chi connectivity index (χ1) is 12.2. The monoisotopic (exact) mass is 363 g/mol. The van der Waals surface area contributed by atoms with E-state index in [2.05, 4.69) is 11.9 Å². The molecule has 0 spiro atoms. The quantitative estimate of drug-likeness (QED) is 0.434. The van der Waals surface area contributed by atoms with E-state index in [-0.39, 0.29) is 19.6 Å². The molecule has 0 aliphatic carbocycles. The van der Waals surface area contributed by atoms with E-state index in [0.717, 1.165) is 5.56 Å². The van der Waals surface area contributed by atoms with Crippen LogP contribution < -0.4 is 5.32 Å². The van der Waals surface area contributed by atoms with Crippen molar-refractivity contribution in [2.45, 2.75) is 45.4 Å². The molecule has 0 fully saturated rings. The van der Waals surface area contributed by atoms with Crippen molar-refractivity contribution in [2.24, 2.45) is 0 Å². The average molecular weight is 363 g/mol. The number of benzene rings is 1. The third kappa shape index (κ3) is 8.86. The molecule has 0 bridgehead atoms. The van der Waals surface area contributed by atoms with Crippen molar-refractivity contribution in [1.29, 1.82) is 0 Å². The van der Waals surface area contributed by atoms with E-state index in [4.69, 9.17) is 14.2 Å². The lowest BCUT2D eigenvalue weighted by atomic mass is 10.1. The second-order valence-electron chi connectivity index (χ2n) is 6.47. The summed E-state index contributed by atoms with van der Waals surface area (Å²) in [4.78, 5) is 36.0. The zero-order valence-corrected chi connectivity index (χ0v) is 15.3. The number of hydrogen-bond acceptors (Lipinski definition) is 6. The van der Waals surface area contributed by atoms with Gasteiger partial charge in [-0.2, -0.15) is 0 Å². The molecule has 0 aliphatic rings. The number of esters is 2. The first kappa shape index (κ1) is 21.2. The van der Waals surface area contributed by atoms with Crippen molar-refractivity contribution in [1.82, 2.24) is 5.32 Å². The van der Waals surface area contributed by atoms with Crippen molar-refractivity contribution in [2.75, 3.05) is 6.61 Å². The first-order valence-corrected chi connectivity index (χ1v) is 8.18. The molecule has 1 aromatic rings. The summed E-state index contributed by atoms with van der Waals surface area (Å²) in [7, 11) is 0. The Morgan fingerprint density at radius 1 is 1.15 bits per heavy atom. The highest BCUT2D eigenvalue weighted by molar-refractivity contribution is 5.86. The van der Waals surface area contributed by atoms with Gasteiger partial charge < -0.3 is 19.5 Å². The van der Waals surface area contributed by atoms with Crippen LogP contribution in [0.15, 0.2) is 43.0 Å². The van der Waals surface area contributed by atoms with Gasteiger partial charge in [0.2, 0.25) is 0 Å². The Balaban J connectivity index is 2.67. The zero-order valence-electron chi connectivity index (χ0n) is 15.3. The standard InChI is InChI=1S/C19H25NO6/c1-5-11-24-16(21)12-15(17(22)26-19(2,3)4)20-18(23)25-13-14-9-7-6-8-10-14/h5-10,15H,1,11-13H2,2-4H3,(H,20,23)/t15-/m0/s1. The van der Waals surface area contributed by atoms with Crippen LogP contribution in [0.1, 0.15) is 32.8 Å². The van der Waals surface area contributed by atoms with Crippen molar-refractivity contribution in [3.63, 3.8) is 0 Å². The summed E-state index contributed by atoms with van der Waals surface area (Å²) in [6, 6.07) is 7.86. The number of hydrogen-bond donors (Lipinski definition) is 1. The van der Waals surface area contributed by atoms with E-state index in [1.807, 2.05) is 18.2 Å². The molecule has 1 rings (SSSR count). The lowest BCUT2D eigenvalue weighted by Crippen LogP contribution is -2.45. The van der Waals surface area contributed by atoms with Crippen LogP contribution >= 0.6 is 0 Å². The SMILES string of the molecule is C=CCOC(=O)C[C@H](NC(=O)OCc1ccccc1)C(=O)OC(C)(C)C. The maximum Gasteiger partial charge on any atom is 0.408 e. The van der Waals surface area contributed by atoms with Crippen LogP contribution in [0.5, 0.6) is 0 Å². The van der Waals surface area contributed by atoms with E-state index in [1.54, 1.807) is 32.9 Å². The molecular formula is C19H25NO6. The van der Waals surface area contributed by atoms with E-state index >= 15 is 0 Å². The van der Waals surface area contributed by atoms with E-state index in [9.17, 15) is 14.4 Å². The van der Waals surface area contributed by atoms with Gasteiger partial charge in [0, 0.05) is 0 Å². The fraction of sp³-hybridized carbons (Fsp3) is 0.421. The van der Waals surface area contributed by atoms with Gasteiger partial charge in [-0.05, 0) is 26.3 Å². The Kier molecular flexibility index (Phi) is 8.34. The summed E-state index contributed by atoms with van der Waals surface area (Å²) in [5.74, 6) is -1.41. The lowest BCUT2D eigenvalue weighted by molar-refractivity contribution is -0.160. The molecule has 26 heavy (non-hydrogen) atoms. The highest BCUT2D eigenvalue weighted by Gasteiger charge is 2.29. The summed E-state index contributed by atoms with van der Waals surface area (Å²) < 4.78 is 15.2. The molecular weight excluding hydrogens is 338 g/mol. The summed E-state index contributed by atoms with van der Waals surface area (Å²) in [6.45, 7) is 8.55. The zero-order chi connectivity index (χ0) is 19.6. The minimum absolute atomic E-state index is 0.0122. The molecule has 142 valence electrons. The minimum atomic E-state index is -1.21. The molecule has 1 aromatic carbocycles. The fourth-order valence-electron chi connectivity index (χ4n) is 1.85. The molecule has 1 atom stereocenters. The van der Waals surface area contributed by atoms with Crippen molar-refractivity contribution in [3.05, 3.63) is 48.6 Å². The molecule has 1 N–H and O–H groups in total. The Hall–Kier alpha value is -2.83. The topological polar surface area (TPSA) is 90.9 Å². The maximum atomic E-state index is 12.3. The van der Waals surface area contributed by atoms with Gasteiger partial charge in [-0.3, -0.25) is 4.79 Å². The van der Waals surface area contributed by atoms with Crippen LogP contribution in [0.2, 0.25) is 0 Å². The van der Waals surface area contributed by atoms with Crippen LogP contribution in [-0.2, 0) is 30.4 Å². The summed E-state index contributed by atoms with van der Waals surface area (Å²) in [5, 5.41) is 2.35. The van der Waals surface area contributed by atoms with E-state index in [0.29, 0.717) is 0 Å². The number of nitrogens with one attached hydrogen (secondary N) is 1. The maximum absolute atomic E-state index is 12.3. The Morgan fingerprint density at radius 3 is 2.38 bits per heavy atom. The van der Waals surface area contributed by atoms with Crippen LogP contribution in [0.4, 0.5) is 4.79 Å². The largest absolute Gasteiger partial charge is 0.461 e. The normalized spacial score (nSPS) is 11.8. The van der Waals surface area contributed by atoms with Gasteiger partial charge in [0.05, 0.1) is 6.42 Å². The number of amides is 1. The highest BCUT2D eigenvalue weighted by atomic mass is 16.6. The molecule has 0 unspecified atom stereocenters. The van der Waals surface area contributed by atoms with E-state index < -0.39 is 29.7 Å². The molecule has 7 nitrogen and oxygen atoms in total. The smallest absolute Gasteiger partial charge is 0.408 e. The van der Waals surface area contributed by atoms with Gasteiger partial charge in [-0.15, -0.1) is 0 Å². The second-order valence-corrected chi connectivity index (χ2v) is 6.47. The number of rotatable bonds is 8. The van der Waals surface area contributed by atoms with Gasteiger partial charge in [0.15, 0.2) is 0 Å². The lowest BCUT2D eigenvalue weighted by Gasteiger charge is -2.24. The number of ether oxygens (including phenoxy) is 3. The van der Waals surface area contributed by atoms with Crippen molar-refractivity contribution in [3.8, 4) is 0 Å². The Labute approximate surface area is 153 Å². The third-order valence-electron chi connectivity index (χ3n) is 2.93. The molecule has 0 saturated heterocycles. The van der Waals surface area contributed by atoms with Crippen LogP contribution in [-0.4, -0.2) is 36.3 Å². The van der Waals surface area contributed by atoms with Crippen LogP contribution in [0.3, 0.4) is 0 Å². The minimum Gasteiger partial charge on any atom is -0.461 e. The Morgan fingerprint density at radius 2 is 1.81 bits per heavy atom. The third-order valence-corrected chi connectivity index (χ3v) is 2.93. The molecule has 0 aliphatic heterocycles. The fourth-order valence-corrected chi connectivity index (χ4v) is 1.85. The molecule has 0 heterocycles. The van der Waals surface area contributed by atoms with Gasteiger partial charge >= 0.3 is 18.0 Å². The second kappa shape index (κ2) is 10.2.